The summed E-state index contributed by atoms with van der Waals surface area (Å²) in [5.74, 6) is 0.982. The molecular weight excluding hydrogens is 244 g/mol. The Hall–Kier alpha value is -0.680. The average molecular weight is 268 g/mol. The van der Waals surface area contributed by atoms with Crippen LogP contribution >= 0.6 is 11.5 Å². The van der Waals surface area contributed by atoms with Crippen LogP contribution in [0.5, 0.6) is 0 Å². The first-order valence-electron chi connectivity index (χ1n) is 7.14. The third-order valence-electron chi connectivity index (χ3n) is 3.43. The first-order chi connectivity index (χ1) is 8.83. The topological polar surface area (TPSA) is 41.0 Å². The minimum Gasteiger partial charge on any atom is -0.345 e. The maximum atomic E-state index is 4.63. The van der Waals surface area contributed by atoms with Gasteiger partial charge in [0.1, 0.15) is 5.82 Å². The van der Waals surface area contributed by atoms with Crippen LogP contribution < -0.4 is 10.2 Å². The second-order valence-electron chi connectivity index (χ2n) is 4.94. The SMILES string of the molecule is CCCCN(CC1CCCN1)c1nc(CC)ns1. The van der Waals surface area contributed by atoms with Crippen LogP contribution in [0.2, 0.25) is 0 Å². The fourth-order valence-corrected chi connectivity index (χ4v) is 3.09. The van der Waals surface area contributed by atoms with E-state index in [0.717, 1.165) is 30.5 Å². The zero-order valence-electron chi connectivity index (χ0n) is 11.5. The number of hydrogen-bond acceptors (Lipinski definition) is 5. The van der Waals surface area contributed by atoms with E-state index in [1.807, 2.05) is 0 Å². The molecule has 1 aromatic heterocycles. The lowest BCUT2D eigenvalue weighted by molar-refractivity contribution is 0.571. The van der Waals surface area contributed by atoms with Gasteiger partial charge in [0.15, 0.2) is 0 Å². The molecule has 1 atom stereocenters. The van der Waals surface area contributed by atoms with Crippen LogP contribution in [0, 0.1) is 0 Å². The van der Waals surface area contributed by atoms with E-state index in [2.05, 4.69) is 33.4 Å². The lowest BCUT2D eigenvalue weighted by Crippen LogP contribution is -2.38. The molecule has 0 saturated carbocycles. The van der Waals surface area contributed by atoms with Gasteiger partial charge >= 0.3 is 0 Å². The maximum absolute atomic E-state index is 4.63. The number of anilines is 1. The van der Waals surface area contributed by atoms with Crippen molar-refractivity contribution >= 4 is 16.7 Å². The summed E-state index contributed by atoms with van der Waals surface area (Å²) in [6.07, 6.45) is 5.99. The average Bonchev–Trinajstić information content (AvgIpc) is 3.05. The van der Waals surface area contributed by atoms with Gasteiger partial charge in [-0.3, -0.25) is 0 Å². The predicted molar refractivity (Wildman–Crippen MR) is 77.4 cm³/mol. The van der Waals surface area contributed by atoms with Crippen molar-refractivity contribution in [3.05, 3.63) is 5.82 Å². The molecule has 1 aliphatic heterocycles. The first-order valence-corrected chi connectivity index (χ1v) is 7.91. The van der Waals surface area contributed by atoms with Crippen LogP contribution in [-0.4, -0.2) is 35.0 Å². The molecular formula is C13H24N4S. The van der Waals surface area contributed by atoms with Crippen LogP contribution in [-0.2, 0) is 6.42 Å². The molecule has 5 heteroatoms. The Kier molecular flexibility index (Phi) is 5.38. The van der Waals surface area contributed by atoms with Gasteiger partial charge in [-0.05, 0) is 25.8 Å². The molecule has 0 amide bonds. The number of aromatic nitrogens is 2. The van der Waals surface area contributed by atoms with Crippen molar-refractivity contribution in [1.82, 2.24) is 14.7 Å². The molecule has 1 unspecified atom stereocenters. The van der Waals surface area contributed by atoms with E-state index in [1.165, 1.54) is 32.2 Å². The van der Waals surface area contributed by atoms with Crippen molar-refractivity contribution in [2.75, 3.05) is 24.5 Å². The summed E-state index contributed by atoms with van der Waals surface area (Å²) in [7, 11) is 0. The summed E-state index contributed by atoms with van der Waals surface area (Å²) in [5.41, 5.74) is 0. The number of hydrogen-bond donors (Lipinski definition) is 1. The highest BCUT2D eigenvalue weighted by Gasteiger charge is 2.20. The molecule has 2 heterocycles. The molecule has 0 radical (unpaired) electrons. The first kappa shape index (κ1) is 13.7. The Labute approximate surface area is 114 Å². The Bertz CT molecular complexity index is 347. The van der Waals surface area contributed by atoms with E-state index in [9.17, 15) is 0 Å². The molecule has 0 spiro atoms. The fraction of sp³-hybridized carbons (Fsp3) is 0.846. The normalized spacial score (nSPS) is 19.3. The summed E-state index contributed by atoms with van der Waals surface area (Å²) in [4.78, 5) is 7.05. The smallest absolute Gasteiger partial charge is 0.205 e. The molecule has 0 bridgehead atoms. The van der Waals surface area contributed by atoms with Gasteiger partial charge in [0.05, 0.1) is 0 Å². The highest BCUT2D eigenvalue weighted by atomic mass is 32.1. The monoisotopic (exact) mass is 268 g/mol. The fourth-order valence-electron chi connectivity index (χ4n) is 2.31. The van der Waals surface area contributed by atoms with Crippen molar-refractivity contribution in [1.29, 1.82) is 0 Å². The molecule has 1 N–H and O–H groups in total. The largest absolute Gasteiger partial charge is 0.345 e. The third-order valence-corrected chi connectivity index (χ3v) is 4.24. The third kappa shape index (κ3) is 3.65. The lowest BCUT2D eigenvalue weighted by atomic mass is 10.2. The summed E-state index contributed by atoms with van der Waals surface area (Å²) in [5, 5.41) is 4.67. The van der Waals surface area contributed by atoms with Crippen LogP contribution in [0.25, 0.3) is 0 Å². The molecule has 2 rings (SSSR count). The van der Waals surface area contributed by atoms with E-state index in [-0.39, 0.29) is 0 Å². The van der Waals surface area contributed by atoms with Gasteiger partial charge in [0, 0.05) is 37.1 Å². The molecule has 0 aliphatic carbocycles. The molecule has 4 nitrogen and oxygen atoms in total. The Balaban J connectivity index is 1.98. The van der Waals surface area contributed by atoms with Gasteiger partial charge < -0.3 is 10.2 Å². The van der Waals surface area contributed by atoms with E-state index in [1.54, 1.807) is 11.5 Å². The second kappa shape index (κ2) is 7.04. The van der Waals surface area contributed by atoms with E-state index in [4.69, 9.17) is 0 Å². The molecule has 1 fully saturated rings. The zero-order valence-corrected chi connectivity index (χ0v) is 12.3. The number of nitrogens with one attached hydrogen (secondary N) is 1. The predicted octanol–water partition coefficient (Wildman–Crippen LogP) is 2.46. The van der Waals surface area contributed by atoms with Gasteiger partial charge in [-0.15, -0.1) is 0 Å². The van der Waals surface area contributed by atoms with Gasteiger partial charge in [0.2, 0.25) is 5.13 Å². The highest BCUT2D eigenvalue weighted by molar-refractivity contribution is 7.09. The summed E-state index contributed by atoms with van der Waals surface area (Å²) in [6.45, 7) is 7.71. The van der Waals surface area contributed by atoms with Crippen molar-refractivity contribution < 1.29 is 0 Å². The van der Waals surface area contributed by atoms with Gasteiger partial charge in [-0.25, -0.2) is 4.98 Å². The number of unbranched alkanes of at least 4 members (excludes halogenated alkanes) is 1. The zero-order chi connectivity index (χ0) is 12.8. The summed E-state index contributed by atoms with van der Waals surface area (Å²) < 4.78 is 4.41. The molecule has 102 valence electrons. The summed E-state index contributed by atoms with van der Waals surface area (Å²) >= 11 is 1.55. The molecule has 1 saturated heterocycles. The summed E-state index contributed by atoms with van der Waals surface area (Å²) in [6, 6.07) is 0.635. The molecule has 1 aliphatic rings. The van der Waals surface area contributed by atoms with Crippen molar-refractivity contribution in [2.24, 2.45) is 0 Å². The maximum Gasteiger partial charge on any atom is 0.205 e. The lowest BCUT2D eigenvalue weighted by Gasteiger charge is -2.24. The minimum absolute atomic E-state index is 0.635. The van der Waals surface area contributed by atoms with E-state index in [0.29, 0.717) is 6.04 Å². The van der Waals surface area contributed by atoms with Crippen molar-refractivity contribution in [3.63, 3.8) is 0 Å². The Morgan fingerprint density at radius 3 is 2.94 bits per heavy atom. The quantitative estimate of drug-likeness (QED) is 0.825. The molecule has 1 aromatic rings. The number of aryl methyl sites for hydroxylation is 1. The Morgan fingerprint density at radius 1 is 1.44 bits per heavy atom. The van der Waals surface area contributed by atoms with E-state index < -0.39 is 0 Å². The number of rotatable bonds is 7. The van der Waals surface area contributed by atoms with Gasteiger partial charge in [0.25, 0.3) is 0 Å². The molecule has 0 aromatic carbocycles. The van der Waals surface area contributed by atoms with Crippen molar-refractivity contribution in [3.8, 4) is 0 Å². The molecule has 18 heavy (non-hydrogen) atoms. The van der Waals surface area contributed by atoms with E-state index >= 15 is 0 Å². The van der Waals surface area contributed by atoms with Crippen molar-refractivity contribution in [2.45, 2.75) is 52.0 Å². The van der Waals surface area contributed by atoms with Crippen LogP contribution in [0.1, 0.15) is 45.4 Å². The highest BCUT2D eigenvalue weighted by Crippen LogP contribution is 2.20. The second-order valence-corrected chi connectivity index (χ2v) is 5.67. The van der Waals surface area contributed by atoms with Crippen LogP contribution in [0.3, 0.4) is 0 Å². The number of nitrogens with zero attached hydrogens (tertiary/aromatic N) is 3. The minimum atomic E-state index is 0.635. The van der Waals surface area contributed by atoms with Crippen LogP contribution in [0.4, 0.5) is 5.13 Å². The van der Waals surface area contributed by atoms with Gasteiger partial charge in [-0.1, -0.05) is 20.3 Å². The standard InChI is InChI=1S/C13H24N4S/c1-3-5-9-17(10-11-7-6-8-14-11)13-15-12(4-2)16-18-13/h11,14H,3-10H2,1-2H3. The Morgan fingerprint density at radius 2 is 2.33 bits per heavy atom. The van der Waals surface area contributed by atoms with Crippen LogP contribution in [0.15, 0.2) is 0 Å². The van der Waals surface area contributed by atoms with Gasteiger partial charge in [-0.2, -0.15) is 4.37 Å².